The molecule has 1 unspecified atom stereocenters. The van der Waals surface area contributed by atoms with E-state index in [0.717, 1.165) is 28.9 Å². The van der Waals surface area contributed by atoms with Crippen LogP contribution in [0.5, 0.6) is 5.75 Å². The van der Waals surface area contributed by atoms with Crippen LogP contribution in [0.15, 0.2) is 91.0 Å². The molecule has 2 N–H and O–H groups in total. The minimum Gasteiger partial charge on any atom is -0.496 e. The average molecular weight is 484 g/mol. The normalized spacial score (nSPS) is 13.5. The van der Waals surface area contributed by atoms with Crippen molar-refractivity contribution < 1.29 is 14.6 Å². The van der Waals surface area contributed by atoms with Crippen molar-refractivity contribution in [2.24, 2.45) is 0 Å². The highest BCUT2D eigenvalue weighted by atomic mass is 16.5. The van der Waals surface area contributed by atoms with Crippen LogP contribution >= 0.6 is 0 Å². The van der Waals surface area contributed by atoms with Crippen LogP contribution < -0.4 is 10.1 Å². The quantitative estimate of drug-likeness (QED) is 0.253. The van der Waals surface area contributed by atoms with Gasteiger partial charge in [0.15, 0.2) is 0 Å². The number of fused-ring (bicyclic) bond motifs is 1. The molecular weight excluding hydrogens is 446 g/mol. The highest BCUT2D eigenvalue weighted by Crippen LogP contribution is 2.31. The first kappa shape index (κ1) is 25.9. The molecule has 4 aromatic carbocycles. The summed E-state index contributed by atoms with van der Waals surface area (Å²) in [5.74, 6) is 0.844. The highest BCUT2D eigenvalue weighted by molar-refractivity contribution is 5.83. The van der Waals surface area contributed by atoms with Crippen LogP contribution in [-0.2, 0) is 11.2 Å². The van der Waals surface area contributed by atoms with E-state index in [1.165, 1.54) is 16.3 Å². The Balaban J connectivity index is 1.29. The van der Waals surface area contributed by atoms with E-state index >= 15 is 0 Å². The van der Waals surface area contributed by atoms with Crippen molar-refractivity contribution in [3.63, 3.8) is 0 Å². The van der Waals surface area contributed by atoms with Crippen LogP contribution in [0.25, 0.3) is 21.9 Å². The molecule has 0 amide bonds. The Bertz CT molecular complexity index is 1280. The summed E-state index contributed by atoms with van der Waals surface area (Å²) in [6.45, 7) is 7.09. The van der Waals surface area contributed by atoms with Gasteiger partial charge in [-0.3, -0.25) is 0 Å². The minimum absolute atomic E-state index is 0.139. The predicted octanol–water partition coefficient (Wildman–Crippen LogP) is 6.56. The predicted molar refractivity (Wildman–Crippen MR) is 149 cm³/mol. The third-order valence-electron chi connectivity index (χ3n) is 6.59. The number of benzene rings is 4. The number of nitrogens with one attached hydrogen (secondary N) is 1. The number of hydrogen-bond donors (Lipinski definition) is 2. The monoisotopic (exact) mass is 483 g/mol. The van der Waals surface area contributed by atoms with Gasteiger partial charge in [0.05, 0.1) is 25.9 Å². The van der Waals surface area contributed by atoms with Crippen molar-refractivity contribution in [3.05, 3.63) is 102 Å². The van der Waals surface area contributed by atoms with Gasteiger partial charge in [-0.1, -0.05) is 78.9 Å². The highest BCUT2D eigenvalue weighted by Gasteiger charge is 2.20. The third-order valence-corrected chi connectivity index (χ3v) is 6.59. The van der Waals surface area contributed by atoms with E-state index in [-0.39, 0.29) is 18.2 Å². The van der Waals surface area contributed by atoms with Crippen LogP contribution in [-0.4, -0.2) is 37.0 Å². The molecule has 0 saturated carbocycles. The summed E-state index contributed by atoms with van der Waals surface area (Å²) in [5, 5.41) is 16.6. The first-order chi connectivity index (χ1) is 17.3. The van der Waals surface area contributed by atoms with Crippen molar-refractivity contribution >= 4 is 10.8 Å². The van der Waals surface area contributed by atoms with Gasteiger partial charge >= 0.3 is 0 Å². The molecule has 0 bridgehead atoms. The maximum absolute atomic E-state index is 10.6. The fourth-order valence-corrected chi connectivity index (χ4v) is 4.57. The molecule has 4 nitrogen and oxygen atoms in total. The van der Waals surface area contributed by atoms with E-state index in [1.807, 2.05) is 31.2 Å². The summed E-state index contributed by atoms with van der Waals surface area (Å²) >= 11 is 0. The van der Waals surface area contributed by atoms with E-state index in [4.69, 9.17) is 9.47 Å². The number of ether oxygens (including phenoxy) is 2. The van der Waals surface area contributed by atoms with E-state index < -0.39 is 6.10 Å². The minimum atomic E-state index is -0.597. The number of rotatable bonds is 11. The summed E-state index contributed by atoms with van der Waals surface area (Å²) in [7, 11) is 1.69. The Morgan fingerprint density at radius 1 is 0.861 bits per heavy atom. The van der Waals surface area contributed by atoms with Gasteiger partial charge in [-0.05, 0) is 66.8 Å². The van der Waals surface area contributed by atoms with Gasteiger partial charge in [0.1, 0.15) is 5.75 Å². The lowest BCUT2D eigenvalue weighted by Crippen LogP contribution is -2.46. The lowest BCUT2D eigenvalue weighted by atomic mass is 9.93. The van der Waals surface area contributed by atoms with Crippen LogP contribution in [0.2, 0.25) is 0 Å². The fraction of sp³-hybridized carbons (Fsp3) is 0.312. The molecule has 0 spiro atoms. The molecule has 4 heteroatoms. The molecular formula is C32H37NO3. The average Bonchev–Trinajstić information content (AvgIpc) is 2.90. The summed E-state index contributed by atoms with van der Waals surface area (Å²) in [4.78, 5) is 0. The van der Waals surface area contributed by atoms with E-state index in [2.05, 4.69) is 85.9 Å². The van der Waals surface area contributed by atoms with Crippen molar-refractivity contribution in [2.45, 2.75) is 44.9 Å². The number of hydrogen-bond acceptors (Lipinski definition) is 4. The molecule has 4 aromatic rings. The number of methoxy groups -OCH3 is 1. The molecule has 0 fully saturated rings. The molecule has 0 heterocycles. The van der Waals surface area contributed by atoms with Crippen molar-refractivity contribution in [1.29, 1.82) is 0 Å². The molecule has 0 saturated heterocycles. The van der Waals surface area contributed by atoms with Gasteiger partial charge < -0.3 is 19.9 Å². The lowest BCUT2D eigenvalue weighted by molar-refractivity contribution is -0.00416. The van der Waals surface area contributed by atoms with Crippen LogP contribution in [0, 0.1) is 0 Å². The number of β-amino-alcohol motifs (C(OH)–C–C–N with tert-alkyl or cyclic N) is 1. The molecule has 2 atom stereocenters. The Morgan fingerprint density at radius 2 is 1.61 bits per heavy atom. The Morgan fingerprint density at radius 3 is 2.42 bits per heavy atom. The Labute approximate surface area is 214 Å². The van der Waals surface area contributed by atoms with Gasteiger partial charge in [-0.15, -0.1) is 0 Å². The SMILES string of the molecule is COc1ccccc1-c1cccc(C(C)OC[C@H](O)CNC(C)(C)Cc2ccc3ccccc3c2)c1. The number of para-hydroxylation sites is 1. The molecule has 4 rings (SSSR count). The summed E-state index contributed by atoms with van der Waals surface area (Å²) in [6.07, 6.45) is 0.137. The molecule has 0 aliphatic heterocycles. The zero-order valence-electron chi connectivity index (χ0n) is 21.7. The van der Waals surface area contributed by atoms with E-state index in [1.54, 1.807) is 7.11 Å². The maximum atomic E-state index is 10.6. The van der Waals surface area contributed by atoms with Crippen LogP contribution in [0.1, 0.15) is 38.0 Å². The number of aliphatic hydroxyl groups is 1. The molecule has 0 aromatic heterocycles. The fourth-order valence-electron chi connectivity index (χ4n) is 4.57. The Kier molecular flexibility index (Phi) is 8.42. The van der Waals surface area contributed by atoms with Crippen molar-refractivity contribution in [1.82, 2.24) is 5.32 Å². The first-order valence-electron chi connectivity index (χ1n) is 12.6. The zero-order valence-corrected chi connectivity index (χ0v) is 21.7. The summed E-state index contributed by atoms with van der Waals surface area (Å²) in [6, 6.07) is 31.3. The first-order valence-corrected chi connectivity index (χ1v) is 12.6. The largest absolute Gasteiger partial charge is 0.496 e. The van der Waals surface area contributed by atoms with Crippen LogP contribution in [0.4, 0.5) is 0 Å². The standard InChI is InChI=1S/C32H37NO3/c1-23(26-12-9-13-28(19-26)30-14-7-8-15-31(30)35-4)36-22-29(34)21-33-32(2,3)20-24-16-17-25-10-5-6-11-27(25)18-24/h5-19,23,29,33-34H,20-22H2,1-4H3/t23?,29-/m1/s1. The summed E-state index contributed by atoms with van der Waals surface area (Å²) in [5.41, 5.74) is 4.32. The lowest BCUT2D eigenvalue weighted by Gasteiger charge is -2.28. The van der Waals surface area contributed by atoms with Gasteiger partial charge in [0.2, 0.25) is 0 Å². The topological polar surface area (TPSA) is 50.7 Å². The van der Waals surface area contributed by atoms with E-state index in [9.17, 15) is 5.11 Å². The number of aliphatic hydroxyl groups excluding tert-OH is 1. The van der Waals surface area contributed by atoms with E-state index in [0.29, 0.717) is 6.54 Å². The third kappa shape index (κ3) is 6.73. The van der Waals surface area contributed by atoms with Crippen molar-refractivity contribution in [2.75, 3.05) is 20.3 Å². The molecule has 0 aliphatic rings. The smallest absolute Gasteiger partial charge is 0.126 e. The van der Waals surface area contributed by atoms with Crippen LogP contribution in [0.3, 0.4) is 0 Å². The van der Waals surface area contributed by atoms with Crippen molar-refractivity contribution in [3.8, 4) is 16.9 Å². The zero-order chi connectivity index (χ0) is 25.5. The Hall–Kier alpha value is -3.18. The second kappa shape index (κ2) is 11.7. The molecule has 0 radical (unpaired) electrons. The van der Waals surface area contributed by atoms with Gasteiger partial charge in [-0.2, -0.15) is 0 Å². The second-order valence-corrected chi connectivity index (χ2v) is 10.1. The molecule has 0 aliphatic carbocycles. The van der Waals surface area contributed by atoms with Gasteiger partial charge in [0, 0.05) is 17.6 Å². The molecule has 188 valence electrons. The molecule has 36 heavy (non-hydrogen) atoms. The van der Waals surface area contributed by atoms with Gasteiger partial charge in [0.25, 0.3) is 0 Å². The summed E-state index contributed by atoms with van der Waals surface area (Å²) < 4.78 is 11.6. The second-order valence-electron chi connectivity index (χ2n) is 10.1. The van der Waals surface area contributed by atoms with Gasteiger partial charge in [-0.25, -0.2) is 0 Å². The maximum Gasteiger partial charge on any atom is 0.126 e.